The van der Waals surface area contributed by atoms with Crippen LogP contribution in [0.3, 0.4) is 0 Å². The second-order valence-corrected chi connectivity index (χ2v) is 5.94. The molecule has 4 heteroatoms. The molecule has 4 nitrogen and oxygen atoms in total. The Morgan fingerprint density at radius 2 is 1.53 bits per heavy atom. The Bertz CT molecular complexity index is 223. The zero-order chi connectivity index (χ0) is 13.9. The van der Waals surface area contributed by atoms with E-state index < -0.39 is 11.6 Å². The number of aliphatic hydroxyl groups excluding tert-OH is 2. The number of aliphatic hydroxyl groups is 2. The molecule has 0 radical (unpaired) electrons. The highest BCUT2D eigenvalue weighted by Gasteiger charge is 2.41. The van der Waals surface area contributed by atoms with Crippen LogP contribution in [0.4, 0.5) is 0 Å². The van der Waals surface area contributed by atoms with Gasteiger partial charge in [-0.05, 0) is 54.9 Å². The van der Waals surface area contributed by atoms with E-state index in [9.17, 15) is 10.2 Å². The van der Waals surface area contributed by atoms with Crippen LogP contribution in [0.1, 0.15) is 33.6 Å². The van der Waals surface area contributed by atoms with Crippen molar-refractivity contribution in [3.05, 3.63) is 0 Å². The Hall–Kier alpha value is -0.160. The molecule has 0 heterocycles. The van der Waals surface area contributed by atoms with Gasteiger partial charge in [0.25, 0.3) is 0 Å². The molecule has 104 valence electrons. The van der Waals surface area contributed by atoms with E-state index in [4.69, 9.17) is 0 Å². The molecule has 0 aromatic carbocycles. The van der Waals surface area contributed by atoms with E-state index >= 15 is 0 Å². The van der Waals surface area contributed by atoms with Gasteiger partial charge >= 0.3 is 0 Å². The first-order valence-electron chi connectivity index (χ1n) is 6.28. The fourth-order valence-corrected chi connectivity index (χ4v) is 2.05. The summed E-state index contributed by atoms with van der Waals surface area (Å²) in [5.74, 6) is 0. The van der Waals surface area contributed by atoms with E-state index in [1.165, 1.54) is 0 Å². The highest BCUT2D eigenvalue weighted by atomic mass is 16.3. The molecule has 0 saturated heterocycles. The maximum atomic E-state index is 10.5. The molecule has 0 bridgehead atoms. The van der Waals surface area contributed by atoms with Gasteiger partial charge in [-0.25, -0.2) is 0 Å². The Morgan fingerprint density at radius 1 is 1.06 bits per heavy atom. The largest absolute Gasteiger partial charge is 0.394 e. The predicted molar refractivity (Wildman–Crippen MR) is 72.2 cm³/mol. The molecule has 0 aliphatic heterocycles. The molecule has 0 aliphatic rings. The minimum Gasteiger partial charge on any atom is -0.394 e. The van der Waals surface area contributed by atoms with Gasteiger partial charge in [0, 0.05) is 5.54 Å². The van der Waals surface area contributed by atoms with Crippen LogP contribution in [0.2, 0.25) is 0 Å². The summed E-state index contributed by atoms with van der Waals surface area (Å²) >= 11 is 0. The van der Waals surface area contributed by atoms with Gasteiger partial charge in [0.15, 0.2) is 0 Å². The molecule has 0 amide bonds. The Kier molecular flexibility index (Phi) is 6.08. The van der Waals surface area contributed by atoms with E-state index in [-0.39, 0.29) is 12.1 Å². The van der Waals surface area contributed by atoms with Crippen LogP contribution in [-0.2, 0) is 0 Å². The maximum Gasteiger partial charge on any atom is 0.0763 e. The van der Waals surface area contributed by atoms with Crippen molar-refractivity contribution in [3.8, 4) is 0 Å². The Balaban J connectivity index is 4.93. The molecular weight excluding hydrogens is 216 g/mol. The van der Waals surface area contributed by atoms with Gasteiger partial charge in [0.2, 0.25) is 0 Å². The topological polar surface area (TPSA) is 46.9 Å². The Labute approximate surface area is 106 Å². The summed E-state index contributed by atoms with van der Waals surface area (Å²) in [6.45, 7) is 6.18. The molecule has 2 N–H and O–H groups in total. The number of hydrogen-bond donors (Lipinski definition) is 2. The molecule has 0 rings (SSSR count). The van der Waals surface area contributed by atoms with Crippen molar-refractivity contribution in [1.29, 1.82) is 0 Å². The van der Waals surface area contributed by atoms with Crippen molar-refractivity contribution in [3.63, 3.8) is 0 Å². The highest BCUT2D eigenvalue weighted by molar-refractivity contribution is 4.97. The van der Waals surface area contributed by atoms with Crippen molar-refractivity contribution in [2.24, 2.45) is 0 Å². The summed E-state index contributed by atoms with van der Waals surface area (Å²) in [4.78, 5) is 4.03. The van der Waals surface area contributed by atoms with Crippen LogP contribution in [-0.4, -0.2) is 72.0 Å². The summed E-state index contributed by atoms with van der Waals surface area (Å²) in [5, 5.41) is 20.1. The molecule has 0 saturated carbocycles. The van der Waals surface area contributed by atoms with E-state index in [0.29, 0.717) is 6.42 Å². The van der Waals surface area contributed by atoms with E-state index in [1.807, 2.05) is 40.0 Å². The smallest absolute Gasteiger partial charge is 0.0763 e. The molecule has 2 atom stereocenters. The lowest BCUT2D eigenvalue weighted by atomic mass is 9.81. The van der Waals surface area contributed by atoms with Gasteiger partial charge in [-0.15, -0.1) is 0 Å². The number of hydrogen-bond acceptors (Lipinski definition) is 4. The van der Waals surface area contributed by atoms with E-state index in [0.717, 1.165) is 6.42 Å². The standard InChI is InChI=1S/C13H30N2O2/c1-8-13(10-16,15(6)7)11(17)9-12(2,3)14(4)5/h11,16-17H,8-10H2,1-7H3. The molecule has 2 unspecified atom stereocenters. The van der Waals surface area contributed by atoms with E-state index in [1.54, 1.807) is 0 Å². The number of likely N-dealkylation sites (N-methyl/N-ethyl adjacent to an activating group) is 1. The summed E-state index contributed by atoms with van der Waals surface area (Å²) in [7, 11) is 7.83. The summed E-state index contributed by atoms with van der Waals surface area (Å²) in [6, 6.07) is 0. The fourth-order valence-electron chi connectivity index (χ4n) is 2.05. The van der Waals surface area contributed by atoms with Crippen LogP contribution in [0, 0.1) is 0 Å². The second kappa shape index (κ2) is 6.14. The van der Waals surface area contributed by atoms with Crippen LogP contribution in [0.5, 0.6) is 0 Å². The molecule has 0 fully saturated rings. The van der Waals surface area contributed by atoms with Crippen molar-refractivity contribution in [2.75, 3.05) is 34.8 Å². The lowest BCUT2D eigenvalue weighted by Crippen LogP contribution is -2.58. The normalized spacial score (nSPS) is 18.5. The predicted octanol–water partition coefficient (Wildman–Crippen LogP) is 0.780. The highest BCUT2D eigenvalue weighted by Crippen LogP contribution is 2.28. The molecule has 0 aliphatic carbocycles. The zero-order valence-corrected chi connectivity index (χ0v) is 12.5. The van der Waals surface area contributed by atoms with Crippen LogP contribution >= 0.6 is 0 Å². The third-order valence-corrected chi connectivity index (χ3v) is 4.30. The minimum absolute atomic E-state index is 0.0266. The quantitative estimate of drug-likeness (QED) is 0.697. The first kappa shape index (κ1) is 16.8. The van der Waals surface area contributed by atoms with Gasteiger partial charge < -0.3 is 15.1 Å². The minimum atomic E-state index is -0.551. The molecule has 17 heavy (non-hydrogen) atoms. The lowest BCUT2D eigenvalue weighted by Gasteiger charge is -2.45. The third kappa shape index (κ3) is 3.65. The summed E-state index contributed by atoms with van der Waals surface area (Å²) in [5.41, 5.74) is -0.641. The van der Waals surface area contributed by atoms with Gasteiger partial charge in [-0.1, -0.05) is 6.92 Å². The average molecular weight is 246 g/mol. The monoisotopic (exact) mass is 246 g/mol. The van der Waals surface area contributed by atoms with Crippen molar-refractivity contribution in [2.45, 2.75) is 50.8 Å². The zero-order valence-electron chi connectivity index (χ0n) is 12.5. The molecular formula is C13H30N2O2. The Morgan fingerprint density at radius 3 is 1.76 bits per heavy atom. The number of rotatable bonds is 7. The van der Waals surface area contributed by atoms with Crippen molar-refractivity contribution in [1.82, 2.24) is 9.80 Å². The fraction of sp³-hybridized carbons (Fsp3) is 1.00. The van der Waals surface area contributed by atoms with Gasteiger partial charge in [-0.3, -0.25) is 4.90 Å². The average Bonchev–Trinajstić information content (AvgIpc) is 2.18. The van der Waals surface area contributed by atoms with Crippen LogP contribution in [0.15, 0.2) is 0 Å². The SMILES string of the molecule is CCC(CO)(C(O)CC(C)(C)N(C)C)N(C)C. The van der Waals surface area contributed by atoms with Crippen LogP contribution in [0.25, 0.3) is 0 Å². The van der Waals surface area contributed by atoms with Crippen molar-refractivity contribution < 1.29 is 10.2 Å². The molecule has 0 spiro atoms. The third-order valence-electron chi connectivity index (χ3n) is 4.30. The first-order valence-corrected chi connectivity index (χ1v) is 6.28. The molecule has 0 aromatic heterocycles. The lowest BCUT2D eigenvalue weighted by molar-refractivity contribution is -0.0652. The second-order valence-electron chi connectivity index (χ2n) is 5.94. The molecule has 0 aromatic rings. The van der Waals surface area contributed by atoms with Gasteiger partial charge in [0.05, 0.1) is 18.2 Å². The summed E-state index contributed by atoms with van der Waals surface area (Å²) in [6.07, 6.45) is 0.804. The first-order chi connectivity index (χ1) is 7.64. The summed E-state index contributed by atoms with van der Waals surface area (Å²) < 4.78 is 0. The number of nitrogens with zero attached hydrogens (tertiary/aromatic N) is 2. The van der Waals surface area contributed by atoms with Crippen LogP contribution < -0.4 is 0 Å². The maximum absolute atomic E-state index is 10.5. The van der Waals surface area contributed by atoms with E-state index in [2.05, 4.69) is 18.7 Å². The van der Waals surface area contributed by atoms with Gasteiger partial charge in [0.1, 0.15) is 0 Å². The van der Waals surface area contributed by atoms with Gasteiger partial charge in [-0.2, -0.15) is 0 Å². The van der Waals surface area contributed by atoms with Crippen molar-refractivity contribution >= 4 is 0 Å².